The zero-order valence-electron chi connectivity index (χ0n) is 14.0. The third-order valence-corrected chi connectivity index (χ3v) is 4.04. The molecule has 1 N–H and O–H groups in total. The van der Waals surface area contributed by atoms with E-state index in [1.54, 1.807) is 0 Å². The number of nitrogens with zero attached hydrogens (tertiary/aromatic N) is 1. The van der Waals surface area contributed by atoms with Gasteiger partial charge in [-0.3, -0.25) is 9.59 Å². The predicted molar refractivity (Wildman–Crippen MR) is 88.6 cm³/mol. The Hall–Kier alpha value is -1.84. The molecule has 0 saturated carbocycles. The van der Waals surface area contributed by atoms with E-state index in [1.165, 1.54) is 0 Å². The molecule has 120 valence electrons. The molecule has 4 heteroatoms. The van der Waals surface area contributed by atoms with Crippen molar-refractivity contribution >= 4 is 17.5 Å². The molecule has 1 heterocycles. The molecule has 1 atom stereocenters. The molecule has 1 aliphatic rings. The van der Waals surface area contributed by atoms with Crippen LogP contribution in [-0.2, 0) is 9.59 Å². The molecular formula is C18H26N2O2. The normalized spacial score (nSPS) is 18.9. The minimum absolute atomic E-state index is 0.00950. The van der Waals surface area contributed by atoms with Gasteiger partial charge in [0.2, 0.25) is 11.8 Å². The molecule has 1 aromatic rings. The van der Waals surface area contributed by atoms with E-state index in [4.69, 9.17) is 0 Å². The largest absolute Gasteiger partial charge is 0.341 e. The molecule has 0 aromatic heterocycles. The summed E-state index contributed by atoms with van der Waals surface area (Å²) >= 11 is 0. The number of piperidine rings is 1. The quantitative estimate of drug-likeness (QED) is 0.912. The van der Waals surface area contributed by atoms with Gasteiger partial charge in [-0.15, -0.1) is 0 Å². The lowest BCUT2D eigenvalue weighted by atomic mass is 9.91. The summed E-state index contributed by atoms with van der Waals surface area (Å²) in [7, 11) is 0. The van der Waals surface area contributed by atoms with Crippen molar-refractivity contribution < 1.29 is 9.59 Å². The lowest BCUT2D eigenvalue weighted by molar-refractivity contribution is -0.142. The van der Waals surface area contributed by atoms with E-state index in [9.17, 15) is 9.59 Å². The minimum Gasteiger partial charge on any atom is -0.341 e. The van der Waals surface area contributed by atoms with Crippen molar-refractivity contribution in [2.24, 2.45) is 11.3 Å². The fourth-order valence-electron chi connectivity index (χ4n) is 2.73. The maximum atomic E-state index is 12.4. The summed E-state index contributed by atoms with van der Waals surface area (Å²) in [5.41, 5.74) is 1.59. The maximum absolute atomic E-state index is 12.4. The molecule has 0 aliphatic carbocycles. The standard InChI is InChI=1S/C18H26N2O2/c1-13-7-9-15(10-8-13)19-16(21)14-6-5-11-20(12-14)17(22)18(2,3)4/h7-10,14H,5-6,11-12H2,1-4H3,(H,19,21)/t14-/m0/s1. The molecule has 0 unspecified atom stereocenters. The minimum atomic E-state index is -0.394. The van der Waals surface area contributed by atoms with Gasteiger partial charge in [0.05, 0.1) is 5.92 Å². The van der Waals surface area contributed by atoms with E-state index in [1.807, 2.05) is 56.9 Å². The summed E-state index contributed by atoms with van der Waals surface area (Å²) in [4.78, 5) is 26.6. The molecule has 4 nitrogen and oxygen atoms in total. The Labute approximate surface area is 132 Å². The first kappa shape index (κ1) is 16.5. The van der Waals surface area contributed by atoms with Gasteiger partial charge in [-0.2, -0.15) is 0 Å². The van der Waals surface area contributed by atoms with Gasteiger partial charge in [0.25, 0.3) is 0 Å². The van der Waals surface area contributed by atoms with Crippen molar-refractivity contribution in [2.75, 3.05) is 18.4 Å². The first-order chi connectivity index (χ1) is 10.3. The topological polar surface area (TPSA) is 49.4 Å². The van der Waals surface area contributed by atoms with Crippen molar-refractivity contribution in [1.82, 2.24) is 4.90 Å². The van der Waals surface area contributed by atoms with Gasteiger partial charge in [-0.25, -0.2) is 0 Å². The number of carbonyl (C=O) groups is 2. The monoisotopic (exact) mass is 302 g/mol. The summed E-state index contributed by atoms with van der Waals surface area (Å²) < 4.78 is 0. The number of amides is 2. The van der Waals surface area contributed by atoms with Crippen LogP contribution in [0.15, 0.2) is 24.3 Å². The number of hydrogen-bond donors (Lipinski definition) is 1. The van der Waals surface area contributed by atoms with Crippen LogP contribution in [0.3, 0.4) is 0 Å². The molecule has 1 aliphatic heterocycles. The van der Waals surface area contributed by atoms with E-state index < -0.39 is 5.41 Å². The Kier molecular flexibility index (Phi) is 4.89. The number of likely N-dealkylation sites (tertiary alicyclic amines) is 1. The summed E-state index contributed by atoms with van der Waals surface area (Å²) in [6.45, 7) is 9.06. The van der Waals surface area contributed by atoms with Crippen LogP contribution in [0.2, 0.25) is 0 Å². The summed E-state index contributed by atoms with van der Waals surface area (Å²) in [6, 6.07) is 7.78. The van der Waals surface area contributed by atoms with Crippen LogP contribution in [0, 0.1) is 18.3 Å². The lowest BCUT2D eigenvalue weighted by Gasteiger charge is -2.35. The van der Waals surface area contributed by atoms with Crippen molar-refractivity contribution in [3.8, 4) is 0 Å². The fraction of sp³-hybridized carbons (Fsp3) is 0.556. The van der Waals surface area contributed by atoms with Gasteiger partial charge in [0, 0.05) is 24.2 Å². The van der Waals surface area contributed by atoms with Crippen LogP contribution in [0.1, 0.15) is 39.2 Å². The average molecular weight is 302 g/mol. The second kappa shape index (κ2) is 6.51. The highest BCUT2D eigenvalue weighted by Crippen LogP contribution is 2.24. The Balaban J connectivity index is 1.98. The van der Waals surface area contributed by atoms with Crippen molar-refractivity contribution in [3.05, 3.63) is 29.8 Å². The number of aryl methyl sites for hydroxylation is 1. The van der Waals surface area contributed by atoms with E-state index in [0.29, 0.717) is 6.54 Å². The maximum Gasteiger partial charge on any atom is 0.229 e. The fourth-order valence-corrected chi connectivity index (χ4v) is 2.73. The molecule has 1 fully saturated rings. The highest BCUT2D eigenvalue weighted by Gasteiger charge is 2.33. The van der Waals surface area contributed by atoms with Gasteiger partial charge in [0.15, 0.2) is 0 Å². The van der Waals surface area contributed by atoms with Crippen LogP contribution >= 0.6 is 0 Å². The zero-order chi connectivity index (χ0) is 16.3. The van der Waals surface area contributed by atoms with Crippen LogP contribution in [0.4, 0.5) is 5.69 Å². The highest BCUT2D eigenvalue weighted by atomic mass is 16.2. The molecular weight excluding hydrogens is 276 g/mol. The van der Waals surface area contributed by atoms with Crippen LogP contribution < -0.4 is 5.32 Å². The smallest absolute Gasteiger partial charge is 0.229 e. The molecule has 22 heavy (non-hydrogen) atoms. The zero-order valence-corrected chi connectivity index (χ0v) is 14.0. The number of nitrogens with one attached hydrogen (secondary N) is 1. The Morgan fingerprint density at radius 3 is 2.41 bits per heavy atom. The average Bonchev–Trinajstić information content (AvgIpc) is 2.48. The Morgan fingerprint density at radius 2 is 1.82 bits per heavy atom. The highest BCUT2D eigenvalue weighted by molar-refractivity contribution is 5.93. The first-order valence-electron chi connectivity index (χ1n) is 7.94. The van der Waals surface area contributed by atoms with Crippen LogP contribution in [0.25, 0.3) is 0 Å². The molecule has 0 spiro atoms. The van der Waals surface area contributed by atoms with Crippen molar-refractivity contribution in [1.29, 1.82) is 0 Å². The SMILES string of the molecule is Cc1ccc(NC(=O)[C@H]2CCCN(C(=O)C(C)(C)C)C2)cc1. The summed E-state index contributed by atoms with van der Waals surface area (Å²) in [6.07, 6.45) is 1.72. The molecule has 1 aromatic carbocycles. The number of rotatable bonds is 2. The third kappa shape index (κ3) is 4.09. The first-order valence-corrected chi connectivity index (χ1v) is 7.94. The van der Waals surface area contributed by atoms with Crippen molar-refractivity contribution in [3.63, 3.8) is 0 Å². The van der Waals surface area contributed by atoms with Gasteiger partial charge in [-0.1, -0.05) is 38.5 Å². The van der Waals surface area contributed by atoms with Gasteiger partial charge in [-0.05, 0) is 31.9 Å². The number of hydrogen-bond acceptors (Lipinski definition) is 2. The Morgan fingerprint density at radius 1 is 1.18 bits per heavy atom. The number of carbonyl (C=O) groups excluding carboxylic acids is 2. The van der Waals surface area contributed by atoms with E-state index in [-0.39, 0.29) is 17.7 Å². The van der Waals surface area contributed by atoms with Gasteiger partial charge in [0.1, 0.15) is 0 Å². The van der Waals surface area contributed by atoms with Crippen molar-refractivity contribution in [2.45, 2.75) is 40.5 Å². The van der Waals surface area contributed by atoms with Gasteiger partial charge >= 0.3 is 0 Å². The van der Waals surface area contributed by atoms with Crippen LogP contribution in [0.5, 0.6) is 0 Å². The lowest BCUT2D eigenvalue weighted by Crippen LogP contribution is -2.47. The number of anilines is 1. The molecule has 0 radical (unpaired) electrons. The molecule has 0 bridgehead atoms. The summed E-state index contributed by atoms with van der Waals surface area (Å²) in [5, 5.41) is 2.96. The number of benzene rings is 1. The van der Waals surface area contributed by atoms with Gasteiger partial charge < -0.3 is 10.2 Å². The predicted octanol–water partition coefficient (Wildman–Crippen LogP) is 3.22. The van der Waals surface area contributed by atoms with E-state index in [2.05, 4.69) is 5.32 Å². The van der Waals surface area contributed by atoms with E-state index in [0.717, 1.165) is 30.6 Å². The molecule has 1 saturated heterocycles. The third-order valence-electron chi connectivity index (χ3n) is 4.04. The molecule has 2 amide bonds. The second-order valence-corrected chi connectivity index (χ2v) is 7.20. The Bertz CT molecular complexity index is 543. The summed E-state index contributed by atoms with van der Waals surface area (Å²) in [5.74, 6) is 0.0111. The van der Waals surface area contributed by atoms with E-state index >= 15 is 0 Å². The van der Waals surface area contributed by atoms with Crippen LogP contribution in [-0.4, -0.2) is 29.8 Å². The molecule has 2 rings (SSSR count). The second-order valence-electron chi connectivity index (χ2n) is 7.20.